The van der Waals surface area contributed by atoms with Gasteiger partial charge in [0.15, 0.2) is 0 Å². The lowest BCUT2D eigenvalue weighted by atomic mass is 10.3. The first-order valence-corrected chi connectivity index (χ1v) is 7.99. The van der Waals surface area contributed by atoms with Crippen LogP contribution in [0.2, 0.25) is 0 Å². The molecule has 0 amide bonds. The van der Waals surface area contributed by atoms with Crippen LogP contribution in [0.4, 0.5) is 14.5 Å². The summed E-state index contributed by atoms with van der Waals surface area (Å²) in [5, 5.41) is 0. The van der Waals surface area contributed by atoms with Crippen molar-refractivity contribution in [3.63, 3.8) is 0 Å². The van der Waals surface area contributed by atoms with Crippen molar-refractivity contribution in [3.05, 3.63) is 23.8 Å². The second kappa shape index (κ2) is 6.35. The predicted molar refractivity (Wildman–Crippen MR) is 69.0 cm³/mol. The Morgan fingerprint density at radius 2 is 2.00 bits per heavy atom. The van der Waals surface area contributed by atoms with Crippen molar-refractivity contribution in [2.45, 2.75) is 11.3 Å². The molecule has 0 aliphatic carbocycles. The first kappa shape index (κ1) is 15.2. The van der Waals surface area contributed by atoms with Crippen LogP contribution < -0.4 is 10.5 Å². The van der Waals surface area contributed by atoms with Crippen molar-refractivity contribution in [1.29, 1.82) is 0 Å². The summed E-state index contributed by atoms with van der Waals surface area (Å²) >= 11 is 1.58. The van der Waals surface area contributed by atoms with Gasteiger partial charge in [-0.2, -0.15) is 11.8 Å². The van der Waals surface area contributed by atoms with Gasteiger partial charge in [-0.3, -0.25) is 0 Å². The predicted octanol–water partition coefficient (Wildman–Crippen LogP) is 1.58. The zero-order valence-corrected chi connectivity index (χ0v) is 11.4. The first-order chi connectivity index (χ1) is 8.38. The summed E-state index contributed by atoms with van der Waals surface area (Å²) in [6, 6.07) is 1.24. The fourth-order valence-corrected chi connectivity index (χ4v) is 2.85. The third kappa shape index (κ3) is 3.82. The molecule has 8 heteroatoms. The highest BCUT2D eigenvalue weighted by atomic mass is 32.2. The largest absolute Gasteiger partial charge is 0.396 e. The van der Waals surface area contributed by atoms with Gasteiger partial charge in [-0.25, -0.2) is 21.9 Å². The monoisotopic (exact) mass is 296 g/mol. The molecule has 0 aliphatic heterocycles. The number of nitrogen functional groups attached to an aromatic ring is 1. The van der Waals surface area contributed by atoms with Crippen LogP contribution in [-0.4, -0.2) is 27.0 Å². The van der Waals surface area contributed by atoms with Crippen LogP contribution in [0.5, 0.6) is 0 Å². The minimum Gasteiger partial charge on any atom is -0.396 e. The van der Waals surface area contributed by atoms with Crippen LogP contribution in [0, 0.1) is 11.6 Å². The Balaban J connectivity index is 2.88. The quantitative estimate of drug-likeness (QED) is 0.617. The normalized spacial score (nSPS) is 11.7. The van der Waals surface area contributed by atoms with Crippen LogP contribution in [-0.2, 0) is 10.0 Å². The molecule has 0 saturated heterocycles. The van der Waals surface area contributed by atoms with Gasteiger partial charge in [-0.1, -0.05) is 0 Å². The summed E-state index contributed by atoms with van der Waals surface area (Å²) < 4.78 is 52.0. The lowest BCUT2D eigenvalue weighted by Crippen LogP contribution is -2.26. The van der Waals surface area contributed by atoms with Crippen molar-refractivity contribution < 1.29 is 17.2 Å². The zero-order valence-electron chi connectivity index (χ0n) is 9.74. The number of rotatable bonds is 6. The maximum Gasteiger partial charge on any atom is 0.243 e. The first-order valence-electron chi connectivity index (χ1n) is 5.11. The molecular weight excluding hydrogens is 282 g/mol. The molecule has 102 valence electrons. The van der Waals surface area contributed by atoms with E-state index in [2.05, 4.69) is 4.72 Å². The van der Waals surface area contributed by atoms with Gasteiger partial charge in [0.1, 0.15) is 16.5 Å². The Morgan fingerprint density at radius 3 is 2.61 bits per heavy atom. The Bertz CT molecular complexity index is 521. The van der Waals surface area contributed by atoms with Gasteiger partial charge >= 0.3 is 0 Å². The average molecular weight is 296 g/mol. The molecule has 0 spiro atoms. The second-order valence-electron chi connectivity index (χ2n) is 3.55. The minimum absolute atomic E-state index is 0.194. The lowest BCUT2D eigenvalue weighted by Gasteiger charge is -2.08. The van der Waals surface area contributed by atoms with Gasteiger partial charge < -0.3 is 5.73 Å². The van der Waals surface area contributed by atoms with Crippen molar-refractivity contribution in [2.24, 2.45) is 0 Å². The summed E-state index contributed by atoms with van der Waals surface area (Å²) in [4.78, 5) is -0.634. The molecule has 0 bridgehead atoms. The number of hydrogen-bond donors (Lipinski definition) is 2. The highest BCUT2D eigenvalue weighted by molar-refractivity contribution is 7.98. The molecule has 0 radical (unpaired) electrons. The lowest BCUT2D eigenvalue weighted by molar-refractivity contribution is 0.544. The van der Waals surface area contributed by atoms with E-state index in [1.807, 2.05) is 6.26 Å². The molecule has 0 aromatic heterocycles. The Hall–Kier alpha value is -0.860. The van der Waals surface area contributed by atoms with Gasteiger partial charge in [-0.05, 0) is 24.5 Å². The number of benzene rings is 1. The SMILES string of the molecule is CSCCCNS(=O)(=O)c1cc(N)c(F)cc1F. The zero-order chi connectivity index (χ0) is 13.8. The van der Waals surface area contributed by atoms with E-state index >= 15 is 0 Å². The molecular formula is C10H14F2N2O2S2. The Morgan fingerprint density at radius 1 is 1.33 bits per heavy atom. The summed E-state index contributed by atoms with van der Waals surface area (Å²) in [5.74, 6) is -1.34. The molecule has 1 aromatic carbocycles. The Labute approximate surface area is 109 Å². The van der Waals surface area contributed by atoms with Crippen LogP contribution in [0.3, 0.4) is 0 Å². The maximum atomic E-state index is 13.4. The van der Waals surface area contributed by atoms with Crippen molar-refractivity contribution in [1.82, 2.24) is 4.72 Å². The fraction of sp³-hybridized carbons (Fsp3) is 0.400. The van der Waals surface area contributed by atoms with Gasteiger partial charge in [-0.15, -0.1) is 0 Å². The number of nitrogens with one attached hydrogen (secondary N) is 1. The second-order valence-corrected chi connectivity index (χ2v) is 6.27. The van der Waals surface area contributed by atoms with Gasteiger partial charge in [0, 0.05) is 12.6 Å². The molecule has 0 heterocycles. The summed E-state index contributed by atoms with van der Waals surface area (Å²) in [6.07, 6.45) is 2.52. The molecule has 0 unspecified atom stereocenters. The van der Waals surface area contributed by atoms with Crippen molar-refractivity contribution >= 4 is 27.5 Å². The fourth-order valence-electron chi connectivity index (χ4n) is 1.25. The van der Waals surface area contributed by atoms with Gasteiger partial charge in [0.25, 0.3) is 0 Å². The third-order valence-corrected chi connectivity index (χ3v) is 4.33. The van der Waals surface area contributed by atoms with Crippen molar-refractivity contribution in [2.75, 3.05) is 24.3 Å². The van der Waals surface area contributed by atoms with Gasteiger partial charge in [0.2, 0.25) is 10.0 Å². The highest BCUT2D eigenvalue weighted by Gasteiger charge is 2.20. The van der Waals surface area contributed by atoms with E-state index in [0.29, 0.717) is 12.5 Å². The summed E-state index contributed by atoms with van der Waals surface area (Å²) in [7, 11) is -3.99. The third-order valence-electron chi connectivity index (χ3n) is 2.16. The van der Waals surface area contributed by atoms with Crippen LogP contribution in [0.1, 0.15) is 6.42 Å². The number of thioether (sulfide) groups is 1. The molecule has 3 N–H and O–H groups in total. The Kier molecular flexibility index (Phi) is 5.36. The molecule has 18 heavy (non-hydrogen) atoms. The van der Waals surface area contributed by atoms with Crippen LogP contribution >= 0.6 is 11.8 Å². The van der Waals surface area contributed by atoms with E-state index in [4.69, 9.17) is 5.73 Å². The smallest absolute Gasteiger partial charge is 0.243 e. The van der Waals surface area contributed by atoms with Crippen LogP contribution in [0.25, 0.3) is 0 Å². The van der Waals surface area contributed by atoms with E-state index in [1.54, 1.807) is 11.8 Å². The van der Waals surface area contributed by atoms with E-state index in [-0.39, 0.29) is 6.54 Å². The number of hydrogen-bond acceptors (Lipinski definition) is 4. The van der Waals surface area contributed by atoms with E-state index in [0.717, 1.165) is 11.8 Å². The molecule has 0 fully saturated rings. The molecule has 0 atom stereocenters. The van der Waals surface area contributed by atoms with E-state index in [1.165, 1.54) is 0 Å². The average Bonchev–Trinajstić information content (AvgIpc) is 2.29. The number of sulfonamides is 1. The minimum atomic E-state index is -3.99. The van der Waals surface area contributed by atoms with E-state index < -0.39 is 32.2 Å². The van der Waals surface area contributed by atoms with Crippen molar-refractivity contribution in [3.8, 4) is 0 Å². The molecule has 1 aromatic rings. The summed E-state index contributed by atoms with van der Waals surface area (Å²) in [6.45, 7) is 0.194. The van der Waals surface area contributed by atoms with E-state index in [9.17, 15) is 17.2 Å². The van der Waals surface area contributed by atoms with Gasteiger partial charge in [0.05, 0.1) is 5.69 Å². The molecule has 1 rings (SSSR count). The standard InChI is InChI=1S/C10H14F2N2O2S2/c1-17-4-2-3-14-18(15,16)10-6-9(13)7(11)5-8(10)12/h5-6,14H,2-4,13H2,1H3. The van der Waals surface area contributed by atoms with Crippen LogP contribution in [0.15, 0.2) is 17.0 Å². The topological polar surface area (TPSA) is 72.2 Å². The highest BCUT2D eigenvalue weighted by Crippen LogP contribution is 2.20. The molecule has 0 saturated carbocycles. The summed E-state index contributed by atoms with van der Waals surface area (Å²) in [5.41, 5.74) is 4.82. The number of nitrogens with two attached hydrogens (primary N) is 1. The molecule has 4 nitrogen and oxygen atoms in total. The number of anilines is 1. The number of halogens is 2. The molecule has 0 aliphatic rings. The maximum absolute atomic E-state index is 13.4.